The topological polar surface area (TPSA) is 46.6 Å². The second kappa shape index (κ2) is 29.4. The molecule has 0 saturated carbocycles. The summed E-state index contributed by atoms with van der Waals surface area (Å²) in [4.78, 5) is 14.4. The van der Waals surface area contributed by atoms with E-state index in [2.05, 4.69) is 32.8 Å². The van der Waals surface area contributed by atoms with Gasteiger partial charge in [0.25, 0.3) is 0 Å². The third-order valence-electron chi connectivity index (χ3n) is 5.25. The Bertz CT molecular complexity index is 328. The minimum atomic E-state index is -0.982. The van der Waals surface area contributed by atoms with Crippen molar-refractivity contribution in [2.75, 3.05) is 40.8 Å². The van der Waals surface area contributed by atoms with Gasteiger partial charge in [-0.1, -0.05) is 104 Å². The smallest absolute Gasteiger partial charge is 0.549 e. The first-order valence-electron chi connectivity index (χ1n) is 12.5. The number of unbranched alkanes of at least 4 members (excludes halogenated alkanes) is 14. The Balaban J connectivity index is -0.000000525. The van der Waals surface area contributed by atoms with Crippen molar-refractivity contribution in [2.24, 2.45) is 0 Å². The fraction of sp³-hybridized carbons (Fsp3) is 0.960. The molecule has 0 bridgehead atoms. The van der Waals surface area contributed by atoms with Crippen molar-refractivity contribution in [1.82, 2.24) is 9.80 Å². The van der Waals surface area contributed by atoms with E-state index < -0.39 is 5.97 Å². The quantitative estimate of drug-likeness (QED) is 0.217. The number of nitrogens with zero attached hydrogens (tertiary/aromatic N) is 2. The minimum Gasteiger partial charge on any atom is -0.549 e. The van der Waals surface area contributed by atoms with E-state index in [1.165, 1.54) is 103 Å². The molecule has 0 atom stereocenters. The van der Waals surface area contributed by atoms with E-state index in [9.17, 15) is 9.90 Å². The van der Waals surface area contributed by atoms with Crippen molar-refractivity contribution in [3.8, 4) is 0 Å². The molecular weight excluding hydrogens is 383 g/mol. The molecule has 0 amide bonds. The predicted octanol–water partition coefficient (Wildman–Crippen LogP) is 2.50. The fourth-order valence-electron chi connectivity index (χ4n) is 3.38. The second-order valence-corrected chi connectivity index (χ2v) is 8.86. The summed E-state index contributed by atoms with van der Waals surface area (Å²) < 4.78 is 0. The van der Waals surface area contributed by atoms with Gasteiger partial charge in [-0.25, -0.2) is 0 Å². The minimum absolute atomic E-state index is 0. The molecule has 5 heteroatoms. The molecule has 0 aliphatic heterocycles. The molecular formula is C25H53N2NaO2. The van der Waals surface area contributed by atoms with Crippen molar-refractivity contribution in [3.63, 3.8) is 0 Å². The van der Waals surface area contributed by atoms with Gasteiger partial charge in [0, 0.05) is 6.54 Å². The van der Waals surface area contributed by atoms with Crippen LogP contribution in [0.25, 0.3) is 0 Å². The molecule has 0 unspecified atom stereocenters. The third kappa shape index (κ3) is 35.8. The SMILES string of the molecule is CCCCCCCCCCCCN(C)CC(=O)[O-].CCCCCCCCN(C)C.[Na+]. The van der Waals surface area contributed by atoms with Crippen molar-refractivity contribution in [2.45, 2.75) is 117 Å². The summed E-state index contributed by atoms with van der Waals surface area (Å²) in [5.41, 5.74) is 0. The molecule has 0 rings (SSSR count). The maximum absolute atomic E-state index is 10.3. The van der Waals surface area contributed by atoms with Crippen LogP contribution in [0.4, 0.5) is 0 Å². The standard InChI is InChI=1S/C15H31NO2.C10H23N.Na/c1-3-4-5-6-7-8-9-10-11-12-13-16(2)14-15(17)18;1-4-5-6-7-8-9-10-11(2)3;/h3-14H2,1-2H3,(H,17,18);4-10H2,1-3H3;/q;;+1/p-1. The zero-order valence-electron chi connectivity index (χ0n) is 21.6. The number of likely N-dealkylation sites (N-methyl/N-ethyl adjacent to an activating group) is 1. The van der Waals surface area contributed by atoms with Crippen molar-refractivity contribution < 1.29 is 39.5 Å². The maximum Gasteiger partial charge on any atom is 1.00 e. The number of carboxylic acids is 1. The van der Waals surface area contributed by atoms with Gasteiger partial charge < -0.3 is 19.7 Å². The predicted molar refractivity (Wildman–Crippen MR) is 126 cm³/mol. The van der Waals surface area contributed by atoms with Gasteiger partial charge in [-0.15, -0.1) is 0 Å². The number of aliphatic carboxylic acids is 1. The summed E-state index contributed by atoms with van der Waals surface area (Å²) in [7, 11) is 6.13. The van der Waals surface area contributed by atoms with E-state index in [4.69, 9.17) is 0 Å². The number of hydrogen-bond donors (Lipinski definition) is 0. The van der Waals surface area contributed by atoms with E-state index >= 15 is 0 Å². The Labute approximate surface area is 211 Å². The molecule has 0 aromatic heterocycles. The number of carboxylic acid groups (broad SMARTS) is 1. The largest absolute Gasteiger partial charge is 1.00 e. The van der Waals surface area contributed by atoms with Crippen LogP contribution < -0.4 is 34.7 Å². The van der Waals surface area contributed by atoms with Gasteiger partial charge in [-0.05, 0) is 47.1 Å². The number of rotatable bonds is 20. The van der Waals surface area contributed by atoms with E-state index in [1.54, 1.807) is 0 Å². The Morgan fingerprint density at radius 2 is 0.933 bits per heavy atom. The van der Waals surface area contributed by atoms with Crippen LogP contribution in [-0.2, 0) is 4.79 Å². The zero-order chi connectivity index (χ0) is 22.2. The Kier molecular flexibility index (Phi) is 34.3. The van der Waals surface area contributed by atoms with Gasteiger partial charge in [0.1, 0.15) is 0 Å². The van der Waals surface area contributed by atoms with Crippen LogP contribution in [0.15, 0.2) is 0 Å². The molecule has 4 nitrogen and oxygen atoms in total. The van der Waals surface area contributed by atoms with E-state index in [0.29, 0.717) is 0 Å². The first kappa shape index (κ1) is 35.0. The summed E-state index contributed by atoms with van der Waals surface area (Å²) >= 11 is 0. The Hall–Kier alpha value is 0.390. The molecule has 176 valence electrons. The molecule has 0 heterocycles. The molecule has 0 N–H and O–H groups in total. The summed E-state index contributed by atoms with van der Waals surface area (Å²) in [5.74, 6) is -0.982. The Morgan fingerprint density at radius 1 is 0.600 bits per heavy atom. The van der Waals surface area contributed by atoms with Crippen LogP contribution in [0.5, 0.6) is 0 Å². The van der Waals surface area contributed by atoms with Crippen LogP contribution in [0.1, 0.15) is 117 Å². The molecule has 0 spiro atoms. The average Bonchev–Trinajstić information content (AvgIpc) is 2.66. The van der Waals surface area contributed by atoms with Gasteiger partial charge in [0.15, 0.2) is 0 Å². The monoisotopic (exact) mass is 436 g/mol. The van der Waals surface area contributed by atoms with Crippen LogP contribution in [0.2, 0.25) is 0 Å². The molecule has 0 aliphatic carbocycles. The van der Waals surface area contributed by atoms with Crippen LogP contribution in [0.3, 0.4) is 0 Å². The normalized spacial score (nSPS) is 10.6. The molecule has 0 aromatic carbocycles. The summed E-state index contributed by atoms with van der Waals surface area (Å²) in [6.45, 7) is 6.69. The Morgan fingerprint density at radius 3 is 1.27 bits per heavy atom. The molecule has 30 heavy (non-hydrogen) atoms. The summed E-state index contributed by atoms with van der Waals surface area (Å²) in [5, 5.41) is 10.3. The first-order chi connectivity index (χ1) is 13.9. The molecule has 0 aromatic rings. The number of hydrogen-bond acceptors (Lipinski definition) is 4. The molecule has 0 fully saturated rings. The molecule has 0 radical (unpaired) electrons. The van der Waals surface area contributed by atoms with E-state index in [1.807, 2.05) is 11.9 Å². The van der Waals surface area contributed by atoms with Gasteiger partial charge >= 0.3 is 29.6 Å². The van der Waals surface area contributed by atoms with E-state index in [0.717, 1.165) is 13.0 Å². The zero-order valence-corrected chi connectivity index (χ0v) is 23.6. The van der Waals surface area contributed by atoms with Crippen molar-refractivity contribution in [3.05, 3.63) is 0 Å². The second-order valence-electron chi connectivity index (χ2n) is 8.86. The van der Waals surface area contributed by atoms with Crippen molar-refractivity contribution in [1.29, 1.82) is 0 Å². The molecule has 0 saturated heterocycles. The maximum atomic E-state index is 10.3. The van der Waals surface area contributed by atoms with Gasteiger partial charge in [0.05, 0.1) is 5.97 Å². The first-order valence-corrected chi connectivity index (χ1v) is 12.5. The summed E-state index contributed by atoms with van der Waals surface area (Å²) in [6.07, 6.45) is 21.6. The molecule has 0 aliphatic rings. The van der Waals surface area contributed by atoms with Crippen LogP contribution in [0, 0.1) is 0 Å². The van der Waals surface area contributed by atoms with Crippen LogP contribution in [-0.4, -0.2) is 56.5 Å². The summed E-state index contributed by atoms with van der Waals surface area (Å²) in [6, 6.07) is 0. The number of carbonyl (C=O) groups is 1. The average molecular weight is 437 g/mol. The van der Waals surface area contributed by atoms with Gasteiger partial charge in [-0.3, -0.25) is 0 Å². The van der Waals surface area contributed by atoms with E-state index in [-0.39, 0.29) is 36.1 Å². The van der Waals surface area contributed by atoms with Crippen molar-refractivity contribution >= 4 is 5.97 Å². The van der Waals surface area contributed by atoms with Gasteiger partial charge in [0.2, 0.25) is 0 Å². The fourth-order valence-corrected chi connectivity index (χ4v) is 3.38. The number of carbonyl (C=O) groups excluding carboxylic acids is 1. The third-order valence-corrected chi connectivity index (χ3v) is 5.25. The van der Waals surface area contributed by atoms with Gasteiger partial charge in [-0.2, -0.15) is 0 Å². The van der Waals surface area contributed by atoms with Crippen LogP contribution >= 0.6 is 0 Å².